The van der Waals surface area contributed by atoms with E-state index >= 15 is 0 Å². The number of aromatic hydroxyl groups is 1. The van der Waals surface area contributed by atoms with Crippen LogP contribution in [-0.2, 0) is 9.53 Å². The summed E-state index contributed by atoms with van der Waals surface area (Å²) in [4.78, 5) is 22.8. The zero-order valence-electron chi connectivity index (χ0n) is 12.7. The number of phenols is 1. The van der Waals surface area contributed by atoms with Crippen molar-refractivity contribution in [3.8, 4) is 11.5 Å². The number of carbonyl (C=O) groups excluding carboxylic acids is 2. The Kier molecular flexibility index (Phi) is 5.19. The van der Waals surface area contributed by atoms with Crippen molar-refractivity contribution in [3.05, 3.63) is 48.6 Å². The van der Waals surface area contributed by atoms with Gasteiger partial charge in [-0.05, 0) is 42.0 Å². The molecule has 0 radical (unpaired) electrons. The smallest absolute Gasteiger partial charge is 0.412 e. The summed E-state index contributed by atoms with van der Waals surface area (Å²) >= 11 is 0. The van der Waals surface area contributed by atoms with Crippen LogP contribution in [0.1, 0.15) is 6.92 Å². The quantitative estimate of drug-likeness (QED) is 0.503. The molecule has 23 heavy (non-hydrogen) atoms. The molecule has 0 spiro atoms. The number of esters is 1. The van der Waals surface area contributed by atoms with Crippen molar-refractivity contribution in [2.45, 2.75) is 6.92 Å². The van der Waals surface area contributed by atoms with E-state index in [0.717, 1.165) is 10.8 Å². The Bertz CT molecular complexity index is 754. The van der Waals surface area contributed by atoms with Gasteiger partial charge in [0.15, 0.2) is 0 Å². The number of ether oxygens (including phenoxy) is 2. The molecule has 6 nitrogen and oxygen atoms in total. The number of carbonyl (C=O) groups is 2. The van der Waals surface area contributed by atoms with Crippen molar-refractivity contribution in [2.75, 3.05) is 13.2 Å². The molecule has 120 valence electrons. The molecule has 0 saturated heterocycles. The molecule has 2 aromatic carbocycles. The van der Waals surface area contributed by atoms with Crippen LogP contribution in [0.5, 0.6) is 11.5 Å². The van der Waals surface area contributed by atoms with Crippen molar-refractivity contribution in [2.24, 2.45) is 0 Å². The van der Waals surface area contributed by atoms with E-state index in [1.54, 1.807) is 43.3 Å². The number of amides is 1. The summed E-state index contributed by atoms with van der Waals surface area (Å²) in [5.74, 6) is 0.0470. The topological polar surface area (TPSA) is 84.9 Å². The van der Waals surface area contributed by atoms with Crippen LogP contribution in [0.15, 0.2) is 48.6 Å². The Morgan fingerprint density at radius 3 is 2.61 bits per heavy atom. The fourth-order valence-electron chi connectivity index (χ4n) is 1.84. The molecule has 0 unspecified atom stereocenters. The third-order valence-corrected chi connectivity index (χ3v) is 2.96. The standard InChI is InChI=1S/C17H17NO5/c1-11(2)16(20)22-8-7-18-17(21)23-15-6-4-12-9-14(19)5-3-13(12)10-15/h3-6,9-10,19H,1,7-8H2,2H3,(H,18,21). The van der Waals surface area contributed by atoms with Crippen LogP contribution in [0.25, 0.3) is 10.8 Å². The van der Waals surface area contributed by atoms with Crippen LogP contribution in [0.2, 0.25) is 0 Å². The lowest BCUT2D eigenvalue weighted by molar-refractivity contribution is -0.138. The van der Waals surface area contributed by atoms with Gasteiger partial charge in [-0.2, -0.15) is 0 Å². The van der Waals surface area contributed by atoms with Gasteiger partial charge < -0.3 is 19.9 Å². The Morgan fingerprint density at radius 2 is 1.87 bits per heavy atom. The summed E-state index contributed by atoms with van der Waals surface area (Å²) in [6.07, 6.45) is -0.644. The van der Waals surface area contributed by atoms with E-state index in [9.17, 15) is 14.7 Å². The Labute approximate surface area is 133 Å². The van der Waals surface area contributed by atoms with Crippen molar-refractivity contribution in [3.63, 3.8) is 0 Å². The summed E-state index contributed by atoms with van der Waals surface area (Å²) < 4.78 is 9.98. The third kappa shape index (κ3) is 4.74. The van der Waals surface area contributed by atoms with Gasteiger partial charge in [-0.3, -0.25) is 0 Å². The number of rotatable bonds is 5. The predicted molar refractivity (Wildman–Crippen MR) is 85.4 cm³/mol. The van der Waals surface area contributed by atoms with Gasteiger partial charge in [-0.1, -0.05) is 18.7 Å². The molecule has 0 atom stereocenters. The molecule has 0 heterocycles. The van der Waals surface area contributed by atoms with Gasteiger partial charge in [0, 0.05) is 5.57 Å². The monoisotopic (exact) mass is 315 g/mol. The molecule has 0 aromatic heterocycles. The fraction of sp³-hybridized carbons (Fsp3) is 0.176. The molecule has 2 aromatic rings. The SMILES string of the molecule is C=C(C)C(=O)OCCNC(=O)Oc1ccc2cc(O)ccc2c1. The molecule has 0 fully saturated rings. The maximum atomic E-state index is 11.6. The van der Waals surface area contributed by atoms with E-state index in [4.69, 9.17) is 9.47 Å². The first-order valence-corrected chi connectivity index (χ1v) is 6.97. The fourth-order valence-corrected chi connectivity index (χ4v) is 1.84. The maximum absolute atomic E-state index is 11.6. The van der Waals surface area contributed by atoms with Gasteiger partial charge in [0.05, 0.1) is 6.54 Å². The highest BCUT2D eigenvalue weighted by molar-refractivity contribution is 5.87. The van der Waals surface area contributed by atoms with Crippen LogP contribution < -0.4 is 10.1 Å². The minimum Gasteiger partial charge on any atom is -0.508 e. The lowest BCUT2D eigenvalue weighted by Gasteiger charge is -2.08. The summed E-state index contributed by atoms with van der Waals surface area (Å²) in [7, 11) is 0. The molecule has 0 aliphatic rings. The van der Waals surface area contributed by atoms with Crippen LogP contribution in [0.3, 0.4) is 0 Å². The first kappa shape index (κ1) is 16.4. The van der Waals surface area contributed by atoms with Crippen LogP contribution in [0, 0.1) is 0 Å². The van der Waals surface area contributed by atoms with Gasteiger partial charge >= 0.3 is 12.1 Å². The first-order valence-electron chi connectivity index (χ1n) is 6.97. The average Bonchev–Trinajstić information content (AvgIpc) is 2.51. The van der Waals surface area contributed by atoms with Crippen molar-refractivity contribution in [1.82, 2.24) is 5.32 Å². The second kappa shape index (κ2) is 7.31. The number of fused-ring (bicyclic) bond motifs is 1. The summed E-state index contributed by atoms with van der Waals surface area (Å²) in [5.41, 5.74) is 0.301. The van der Waals surface area contributed by atoms with Crippen molar-refractivity contribution in [1.29, 1.82) is 0 Å². The van der Waals surface area contributed by atoms with Crippen molar-refractivity contribution >= 4 is 22.8 Å². The third-order valence-electron chi connectivity index (χ3n) is 2.96. The second-order valence-electron chi connectivity index (χ2n) is 4.93. The molecule has 6 heteroatoms. The minimum absolute atomic E-state index is 0.0395. The molecule has 2 rings (SSSR count). The van der Waals surface area contributed by atoms with E-state index < -0.39 is 12.1 Å². The van der Waals surface area contributed by atoms with Crippen LogP contribution in [0.4, 0.5) is 4.79 Å². The molecule has 0 aliphatic carbocycles. The largest absolute Gasteiger partial charge is 0.508 e. The summed E-state index contributed by atoms with van der Waals surface area (Å²) in [5, 5.41) is 13.6. The van der Waals surface area contributed by atoms with E-state index in [-0.39, 0.29) is 18.9 Å². The molecule has 0 bridgehead atoms. The predicted octanol–water partition coefficient (Wildman–Crippen LogP) is 2.75. The average molecular weight is 315 g/mol. The Hall–Kier alpha value is -3.02. The zero-order chi connectivity index (χ0) is 16.8. The number of hydrogen-bond acceptors (Lipinski definition) is 5. The number of hydrogen-bond donors (Lipinski definition) is 2. The maximum Gasteiger partial charge on any atom is 0.412 e. The molecule has 2 N–H and O–H groups in total. The molecular weight excluding hydrogens is 298 g/mol. The van der Waals surface area contributed by atoms with E-state index in [1.807, 2.05) is 0 Å². The molecule has 1 amide bonds. The Balaban J connectivity index is 1.84. The van der Waals surface area contributed by atoms with Crippen LogP contribution >= 0.6 is 0 Å². The summed E-state index contributed by atoms with van der Waals surface area (Å²) in [6.45, 7) is 5.18. The van der Waals surface area contributed by atoms with E-state index in [1.165, 1.54) is 0 Å². The highest BCUT2D eigenvalue weighted by atomic mass is 16.6. The van der Waals surface area contributed by atoms with E-state index in [0.29, 0.717) is 11.3 Å². The molecular formula is C17H17NO5. The first-order chi connectivity index (χ1) is 11.0. The number of nitrogens with one attached hydrogen (secondary N) is 1. The van der Waals surface area contributed by atoms with Gasteiger partial charge in [0.25, 0.3) is 0 Å². The highest BCUT2D eigenvalue weighted by Crippen LogP contribution is 2.24. The highest BCUT2D eigenvalue weighted by Gasteiger charge is 2.06. The number of phenolic OH excluding ortho intramolecular Hbond substituents is 1. The summed E-state index contributed by atoms with van der Waals surface area (Å²) in [6, 6.07) is 9.97. The van der Waals surface area contributed by atoms with Gasteiger partial charge in [0.2, 0.25) is 0 Å². The van der Waals surface area contributed by atoms with Gasteiger partial charge in [-0.15, -0.1) is 0 Å². The number of benzene rings is 2. The molecule has 0 saturated carbocycles. The lowest BCUT2D eigenvalue weighted by atomic mass is 10.1. The lowest BCUT2D eigenvalue weighted by Crippen LogP contribution is -2.30. The zero-order valence-corrected chi connectivity index (χ0v) is 12.7. The molecule has 0 aliphatic heterocycles. The van der Waals surface area contributed by atoms with Crippen LogP contribution in [-0.4, -0.2) is 30.3 Å². The Morgan fingerprint density at radius 1 is 1.17 bits per heavy atom. The van der Waals surface area contributed by atoms with Gasteiger partial charge in [0.1, 0.15) is 18.1 Å². The van der Waals surface area contributed by atoms with Gasteiger partial charge in [-0.25, -0.2) is 9.59 Å². The van der Waals surface area contributed by atoms with E-state index in [2.05, 4.69) is 11.9 Å². The van der Waals surface area contributed by atoms with Crippen molar-refractivity contribution < 1.29 is 24.2 Å². The minimum atomic E-state index is -0.644. The second-order valence-corrected chi connectivity index (χ2v) is 4.93. The normalized spacial score (nSPS) is 10.1.